The lowest BCUT2D eigenvalue weighted by Gasteiger charge is -1.94. The molecule has 0 N–H and O–H groups in total. The Morgan fingerprint density at radius 2 is 2.33 bits per heavy atom. The summed E-state index contributed by atoms with van der Waals surface area (Å²) < 4.78 is 0. The summed E-state index contributed by atoms with van der Waals surface area (Å²) in [7, 11) is 1.77. The maximum atomic E-state index is 11.1. The summed E-state index contributed by atoms with van der Waals surface area (Å²) in [4.78, 5) is 24.7. The highest BCUT2D eigenvalue weighted by molar-refractivity contribution is 6.23. The molecule has 1 rings (SSSR count). The van der Waals surface area contributed by atoms with Crippen molar-refractivity contribution in [1.82, 2.24) is 4.98 Å². The Kier molecular flexibility index (Phi) is 2.69. The summed E-state index contributed by atoms with van der Waals surface area (Å²) in [6.45, 7) is 0. The van der Waals surface area contributed by atoms with Crippen molar-refractivity contribution in [3.63, 3.8) is 0 Å². The number of hydrogen-bond donors (Lipinski definition) is 0. The van der Waals surface area contributed by atoms with Gasteiger partial charge in [-0.2, -0.15) is 0 Å². The maximum Gasteiger partial charge on any atom is 0.196 e. The number of nitrogens with zero attached hydrogens (tertiary/aromatic N) is 2. The Balaban J connectivity index is 2.91. The van der Waals surface area contributed by atoms with Crippen LogP contribution in [0.25, 0.3) is 0 Å². The fourth-order valence-corrected chi connectivity index (χ4v) is 0.809. The van der Waals surface area contributed by atoms with Crippen LogP contribution >= 0.6 is 0 Å². The highest BCUT2D eigenvalue weighted by Crippen LogP contribution is 2.08. The molecule has 0 saturated heterocycles. The van der Waals surface area contributed by atoms with E-state index in [9.17, 15) is 9.70 Å². The van der Waals surface area contributed by atoms with Gasteiger partial charge < -0.3 is 0 Å². The number of pyridine rings is 1. The summed E-state index contributed by atoms with van der Waals surface area (Å²) in [5.41, 5.74) is 0.518. The Hall–Kier alpha value is -1.52. The van der Waals surface area contributed by atoms with E-state index in [0.29, 0.717) is 11.9 Å². The van der Waals surface area contributed by atoms with Gasteiger partial charge in [0.15, 0.2) is 11.6 Å². The van der Waals surface area contributed by atoms with E-state index in [1.165, 1.54) is 12.3 Å². The van der Waals surface area contributed by atoms with E-state index >= 15 is 0 Å². The summed E-state index contributed by atoms with van der Waals surface area (Å²) in [5.74, 6) is 0.114. The highest BCUT2D eigenvalue weighted by atomic mass is 16.3. The molecule has 4 nitrogen and oxygen atoms in total. The smallest absolute Gasteiger partial charge is 0.196 e. The zero-order valence-electron chi connectivity index (χ0n) is 6.65. The number of carbonyl (C=O) groups excluding carboxylic acids is 1. The molecule has 5 heteroatoms. The minimum absolute atomic E-state index is 0.0138. The van der Waals surface area contributed by atoms with Crippen molar-refractivity contribution < 1.29 is 4.79 Å². The molecule has 0 aliphatic carbocycles. The molecular weight excluding hydrogens is 155 g/mol. The van der Waals surface area contributed by atoms with E-state index in [4.69, 9.17) is 0 Å². The first kappa shape index (κ1) is 8.58. The average molecular weight is 162 g/mol. The Morgan fingerprint density at radius 1 is 1.58 bits per heavy atom. The van der Waals surface area contributed by atoms with Crippen LogP contribution in [-0.2, 0) is 0 Å². The van der Waals surface area contributed by atoms with Gasteiger partial charge >= 0.3 is 0 Å². The monoisotopic (exact) mass is 162 g/mol. The minimum atomic E-state index is 0.0138. The SMILES string of the molecule is BCC(=O)c1ccc(N=O)nc1. The predicted molar refractivity (Wildman–Crippen MR) is 47.4 cm³/mol. The van der Waals surface area contributed by atoms with E-state index in [1.807, 2.05) is 0 Å². The van der Waals surface area contributed by atoms with Crippen molar-refractivity contribution in [2.24, 2.45) is 5.18 Å². The molecule has 1 heterocycles. The highest BCUT2D eigenvalue weighted by Gasteiger charge is 2.02. The number of nitroso groups, excluding NO2 is 1. The van der Waals surface area contributed by atoms with Gasteiger partial charge in [-0.25, -0.2) is 4.98 Å². The second-order valence-electron chi connectivity index (χ2n) is 2.27. The number of aromatic nitrogens is 1. The molecule has 0 saturated carbocycles. The van der Waals surface area contributed by atoms with Gasteiger partial charge in [0.25, 0.3) is 0 Å². The molecule has 0 bridgehead atoms. The molecule has 0 aliphatic heterocycles. The largest absolute Gasteiger partial charge is 0.295 e. The van der Waals surface area contributed by atoms with Crippen LogP contribution < -0.4 is 0 Å². The van der Waals surface area contributed by atoms with Crippen molar-refractivity contribution >= 4 is 19.4 Å². The summed E-state index contributed by atoms with van der Waals surface area (Å²) in [6.07, 6.45) is 1.80. The van der Waals surface area contributed by atoms with Gasteiger partial charge in [-0.3, -0.25) is 4.79 Å². The molecule has 12 heavy (non-hydrogen) atoms. The number of Topliss-reactive ketones (excluding diaryl/α,β-unsaturated/α-hetero) is 1. The first-order chi connectivity index (χ1) is 5.77. The molecule has 0 atom stereocenters. The van der Waals surface area contributed by atoms with Crippen LogP contribution in [0.5, 0.6) is 0 Å². The molecule has 0 aliphatic rings. The van der Waals surface area contributed by atoms with Gasteiger partial charge in [0.2, 0.25) is 0 Å². The lowest BCUT2D eigenvalue weighted by Crippen LogP contribution is -1.97. The number of rotatable bonds is 3. The van der Waals surface area contributed by atoms with Gasteiger partial charge in [0, 0.05) is 11.8 Å². The van der Waals surface area contributed by atoms with Gasteiger partial charge in [-0.15, -0.1) is 4.91 Å². The second-order valence-corrected chi connectivity index (χ2v) is 2.27. The molecule has 0 radical (unpaired) electrons. The summed E-state index contributed by atoms with van der Waals surface area (Å²) >= 11 is 0. The van der Waals surface area contributed by atoms with E-state index in [2.05, 4.69) is 10.2 Å². The van der Waals surface area contributed by atoms with Gasteiger partial charge in [0.1, 0.15) is 7.85 Å². The topological polar surface area (TPSA) is 59.4 Å². The average Bonchev–Trinajstić information content (AvgIpc) is 2.17. The van der Waals surface area contributed by atoms with Crippen LogP contribution in [-0.4, -0.2) is 18.6 Å². The quantitative estimate of drug-likeness (QED) is 0.373. The first-order valence-electron chi connectivity index (χ1n) is 3.60. The number of ketones is 1. The van der Waals surface area contributed by atoms with Crippen LogP contribution in [0.3, 0.4) is 0 Å². The van der Waals surface area contributed by atoms with Crippen molar-refractivity contribution in [1.29, 1.82) is 0 Å². The van der Waals surface area contributed by atoms with Gasteiger partial charge in [-0.05, 0) is 23.6 Å². The molecule has 0 unspecified atom stereocenters. The van der Waals surface area contributed by atoms with Crippen LogP contribution in [0.15, 0.2) is 23.5 Å². The van der Waals surface area contributed by atoms with Crippen LogP contribution in [0.2, 0.25) is 6.32 Å². The minimum Gasteiger partial charge on any atom is -0.295 e. The lowest BCUT2D eigenvalue weighted by molar-refractivity contribution is 0.101. The third-order valence-electron chi connectivity index (χ3n) is 1.48. The molecule has 0 fully saturated rings. The third kappa shape index (κ3) is 1.75. The Morgan fingerprint density at radius 3 is 2.75 bits per heavy atom. The van der Waals surface area contributed by atoms with E-state index < -0.39 is 0 Å². The third-order valence-corrected chi connectivity index (χ3v) is 1.48. The number of carbonyl (C=O) groups is 1. The zero-order chi connectivity index (χ0) is 8.97. The molecule has 0 aromatic carbocycles. The Bertz CT molecular complexity index is 297. The van der Waals surface area contributed by atoms with Crippen molar-refractivity contribution in [2.75, 3.05) is 0 Å². The molecule has 0 amide bonds. The summed E-state index contributed by atoms with van der Waals surface area (Å²) in [6, 6.07) is 2.98. The fraction of sp³-hybridized carbons (Fsp3) is 0.143. The van der Waals surface area contributed by atoms with Gasteiger partial charge in [0.05, 0.1) is 0 Å². The molecule has 1 aromatic rings. The second kappa shape index (κ2) is 3.76. The maximum absolute atomic E-state index is 11.1. The predicted octanol–water partition coefficient (Wildman–Crippen LogP) is 0.714. The van der Waals surface area contributed by atoms with Crippen molar-refractivity contribution in [3.8, 4) is 0 Å². The van der Waals surface area contributed by atoms with E-state index in [1.54, 1.807) is 13.9 Å². The van der Waals surface area contributed by atoms with E-state index in [-0.39, 0.29) is 11.6 Å². The van der Waals surface area contributed by atoms with E-state index in [0.717, 1.165) is 0 Å². The zero-order valence-corrected chi connectivity index (χ0v) is 6.65. The van der Waals surface area contributed by atoms with Crippen LogP contribution in [0, 0.1) is 4.91 Å². The van der Waals surface area contributed by atoms with Crippen LogP contribution in [0.1, 0.15) is 10.4 Å². The molecule has 1 aromatic heterocycles. The fourth-order valence-electron chi connectivity index (χ4n) is 0.809. The first-order valence-corrected chi connectivity index (χ1v) is 3.60. The van der Waals surface area contributed by atoms with Crippen molar-refractivity contribution in [3.05, 3.63) is 28.8 Å². The normalized spacial score (nSPS) is 9.33. The van der Waals surface area contributed by atoms with Crippen LogP contribution in [0.4, 0.5) is 5.82 Å². The summed E-state index contributed by atoms with van der Waals surface area (Å²) in [5, 5.41) is 2.62. The van der Waals surface area contributed by atoms with Gasteiger partial charge in [-0.1, -0.05) is 0 Å². The standard InChI is InChI=1S/C7H7BN2O2/c8-3-6(11)5-1-2-7(10-12)9-4-5/h1-2,4H,3,8H2. The van der Waals surface area contributed by atoms with Crippen molar-refractivity contribution in [2.45, 2.75) is 6.32 Å². The Labute approximate surface area is 70.4 Å². The molecular formula is C7H7BN2O2. The lowest BCUT2D eigenvalue weighted by atomic mass is 9.97. The molecule has 0 spiro atoms. The molecule has 60 valence electrons. The number of hydrogen-bond acceptors (Lipinski definition) is 4.